The second-order valence-corrected chi connectivity index (χ2v) is 8.38. The van der Waals surface area contributed by atoms with E-state index in [0.717, 1.165) is 39.4 Å². The summed E-state index contributed by atoms with van der Waals surface area (Å²) in [5.74, 6) is 0.800. The van der Waals surface area contributed by atoms with Gasteiger partial charge in [0, 0.05) is 23.6 Å². The van der Waals surface area contributed by atoms with E-state index in [2.05, 4.69) is 10.5 Å². The normalized spacial score (nSPS) is 19.4. The number of ether oxygens (including phenoxy) is 2. The number of allylic oxidation sites excluding steroid dienone is 2. The molecule has 1 aliphatic carbocycles. The topological polar surface area (TPSA) is 90.7 Å². The molecule has 0 spiro atoms. The van der Waals surface area contributed by atoms with Gasteiger partial charge in [-0.2, -0.15) is 0 Å². The van der Waals surface area contributed by atoms with Gasteiger partial charge in [0.2, 0.25) is 5.88 Å². The van der Waals surface area contributed by atoms with Crippen LogP contribution >= 0.6 is 0 Å². The minimum absolute atomic E-state index is 0.0579. The standard InChI is InChI=1S/C26H24N2O5/c1-14-22-23(16-4-6-17(7-5-16)26(30)32-3)24-20(27-25(22)33-28-14)12-18(13-21(24)29)15-8-10-19(31-2)11-9-15/h4-11,18,23,27H,12-13H2,1-3H3/t18-,23-/m0/s1. The fourth-order valence-corrected chi connectivity index (χ4v) is 4.85. The Balaban J connectivity index is 1.55. The second kappa shape index (κ2) is 8.24. The van der Waals surface area contributed by atoms with Crippen molar-refractivity contribution in [3.63, 3.8) is 0 Å². The highest BCUT2D eigenvalue weighted by Crippen LogP contribution is 2.49. The molecule has 7 nitrogen and oxygen atoms in total. The summed E-state index contributed by atoms with van der Waals surface area (Å²) in [6.45, 7) is 1.87. The number of ketones is 1. The summed E-state index contributed by atoms with van der Waals surface area (Å²) in [5.41, 5.74) is 5.65. The Morgan fingerprint density at radius 3 is 2.39 bits per heavy atom. The summed E-state index contributed by atoms with van der Waals surface area (Å²) in [7, 11) is 2.99. The van der Waals surface area contributed by atoms with Gasteiger partial charge in [0.15, 0.2) is 5.78 Å². The third kappa shape index (κ3) is 3.59. The molecular formula is C26H24N2O5. The van der Waals surface area contributed by atoms with E-state index in [-0.39, 0.29) is 17.6 Å². The minimum atomic E-state index is -0.398. The summed E-state index contributed by atoms with van der Waals surface area (Å²) >= 11 is 0. The number of rotatable bonds is 4. The van der Waals surface area contributed by atoms with Crippen molar-refractivity contribution in [1.29, 1.82) is 0 Å². The molecule has 168 valence electrons. The summed E-state index contributed by atoms with van der Waals surface area (Å²) in [6.07, 6.45) is 1.10. The highest BCUT2D eigenvalue weighted by Gasteiger charge is 2.41. The lowest BCUT2D eigenvalue weighted by Crippen LogP contribution is -2.29. The molecule has 1 aliphatic heterocycles. The maximum absolute atomic E-state index is 13.5. The molecule has 7 heteroatoms. The number of hydrogen-bond donors (Lipinski definition) is 1. The molecule has 5 rings (SSSR count). The number of methoxy groups -OCH3 is 2. The molecule has 1 N–H and O–H groups in total. The summed E-state index contributed by atoms with van der Waals surface area (Å²) < 4.78 is 15.6. The van der Waals surface area contributed by atoms with Crippen LogP contribution in [0.5, 0.6) is 5.75 Å². The number of fused-ring (bicyclic) bond motifs is 1. The number of anilines is 1. The first kappa shape index (κ1) is 21.0. The average molecular weight is 444 g/mol. The molecule has 2 atom stereocenters. The molecule has 0 bridgehead atoms. The molecule has 0 saturated carbocycles. The highest BCUT2D eigenvalue weighted by molar-refractivity contribution is 6.01. The van der Waals surface area contributed by atoms with Gasteiger partial charge >= 0.3 is 5.97 Å². The number of nitrogens with zero attached hydrogens (tertiary/aromatic N) is 1. The first-order chi connectivity index (χ1) is 16.0. The number of Topliss-reactive ketones (excluding diaryl/α,β-unsaturated/α-hetero) is 1. The average Bonchev–Trinajstić information content (AvgIpc) is 3.22. The van der Waals surface area contributed by atoms with E-state index >= 15 is 0 Å². The fourth-order valence-electron chi connectivity index (χ4n) is 4.85. The number of benzene rings is 2. The van der Waals surface area contributed by atoms with E-state index in [1.165, 1.54) is 7.11 Å². The molecule has 0 fully saturated rings. The van der Waals surface area contributed by atoms with Crippen molar-refractivity contribution in [3.8, 4) is 5.75 Å². The summed E-state index contributed by atoms with van der Waals surface area (Å²) in [5, 5.41) is 7.49. The zero-order chi connectivity index (χ0) is 23.1. The van der Waals surface area contributed by atoms with Crippen LogP contribution in [0.15, 0.2) is 64.3 Å². The predicted molar refractivity (Wildman–Crippen MR) is 121 cm³/mol. The third-order valence-corrected chi connectivity index (χ3v) is 6.51. The second-order valence-electron chi connectivity index (χ2n) is 8.38. The van der Waals surface area contributed by atoms with Gasteiger partial charge in [-0.3, -0.25) is 4.79 Å². The lowest BCUT2D eigenvalue weighted by atomic mass is 9.72. The number of carbonyl (C=O) groups is 2. The molecule has 0 radical (unpaired) electrons. The summed E-state index contributed by atoms with van der Waals surface area (Å²) in [6, 6.07) is 15.0. The van der Waals surface area contributed by atoms with Crippen molar-refractivity contribution in [3.05, 3.63) is 87.7 Å². The zero-order valence-electron chi connectivity index (χ0n) is 18.7. The number of carbonyl (C=O) groups excluding carboxylic acids is 2. The van der Waals surface area contributed by atoms with E-state index in [0.29, 0.717) is 24.3 Å². The molecule has 3 aromatic rings. The molecular weight excluding hydrogens is 420 g/mol. The summed E-state index contributed by atoms with van der Waals surface area (Å²) in [4.78, 5) is 25.4. The quantitative estimate of drug-likeness (QED) is 0.582. The lowest BCUT2D eigenvalue weighted by molar-refractivity contribution is -0.116. The van der Waals surface area contributed by atoms with Crippen LogP contribution in [0.4, 0.5) is 5.88 Å². The SMILES string of the molecule is COC(=O)c1ccc([C@@H]2C3=C(C[C@H](c4ccc(OC)cc4)CC3=O)Nc3onc(C)c32)cc1. The van der Waals surface area contributed by atoms with Crippen LogP contribution < -0.4 is 10.1 Å². The molecule has 2 heterocycles. The molecule has 33 heavy (non-hydrogen) atoms. The number of esters is 1. The lowest BCUT2D eigenvalue weighted by Gasteiger charge is -2.34. The van der Waals surface area contributed by atoms with E-state index in [1.54, 1.807) is 19.2 Å². The van der Waals surface area contributed by atoms with E-state index in [1.807, 2.05) is 43.3 Å². The van der Waals surface area contributed by atoms with Crippen LogP contribution in [0.25, 0.3) is 0 Å². The largest absolute Gasteiger partial charge is 0.497 e. The van der Waals surface area contributed by atoms with Crippen molar-refractivity contribution in [1.82, 2.24) is 5.16 Å². The molecule has 0 saturated heterocycles. The fraction of sp³-hybridized carbons (Fsp3) is 0.269. The Morgan fingerprint density at radius 2 is 1.73 bits per heavy atom. The minimum Gasteiger partial charge on any atom is -0.497 e. The van der Waals surface area contributed by atoms with Crippen LogP contribution in [0.1, 0.15) is 57.4 Å². The molecule has 2 aromatic carbocycles. The third-order valence-electron chi connectivity index (χ3n) is 6.51. The van der Waals surface area contributed by atoms with Crippen molar-refractivity contribution >= 4 is 17.6 Å². The Labute approximate surface area is 191 Å². The number of nitrogens with one attached hydrogen (secondary N) is 1. The monoisotopic (exact) mass is 444 g/mol. The maximum Gasteiger partial charge on any atom is 0.337 e. The highest BCUT2D eigenvalue weighted by atomic mass is 16.5. The predicted octanol–water partition coefficient (Wildman–Crippen LogP) is 4.74. The van der Waals surface area contributed by atoms with Gasteiger partial charge in [0.25, 0.3) is 0 Å². The van der Waals surface area contributed by atoms with E-state index < -0.39 is 5.97 Å². The van der Waals surface area contributed by atoms with Gasteiger partial charge in [-0.1, -0.05) is 29.4 Å². The molecule has 1 aromatic heterocycles. The maximum atomic E-state index is 13.5. The van der Waals surface area contributed by atoms with Gasteiger partial charge in [0.1, 0.15) is 5.75 Å². The molecule has 2 aliphatic rings. The number of hydrogen-bond acceptors (Lipinski definition) is 7. The van der Waals surface area contributed by atoms with E-state index in [4.69, 9.17) is 14.0 Å². The van der Waals surface area contributed by atoms with Crippen LogP contribution in [0, 0.1) is 6.92 Å². The van der Waals surface area contributed by atoms with Gasteiger partial charge in [-0.25, -0.2) is 4.79 Å². The van der Waals surface area contributed by atoms with Gasteiger partial charge < -0.3 is 19.3 Å². The van der Waals surface area contributed by atoms with Crippen molar-refractivity contribution in [2.24, 2.45) is 0 Å². The van der Waals surface area contributed by atoms with Crippen LogP contribution in [-0.2, 0) is 9.53 Å². The zero-order valence-corrected chi connectivity index (χ0v) is 18.7. The molecule has 0 unspecified atom stereocenters. The Hall–Kier alpha value is -3.87. The Morgan fingerprint density at radius 1 is 1.03 bits per heavy atom. The first-order valence-corrected chi connectivity index (χ1v) is 10.8. The van der Waals surface area contributed by atoms with Gasteiger partial charge in [-0.15, -0.1) is 0 Å². The van der Waals surface area contributed by atoms with Crippen LogP contribution in [0.2, 0.25) is 0 Å². The smallest absolute Gasteiger partial charge is 0.337 e. The molecule has 0 amide bonds. The van der Waals surface area contributed by atoms with Crippen LogP contribution in [0.3, 0.4) is 0 Å². The van der Waals surface area contributed by atoms with Crippen molar-refractivity contribution in [2.45, 2.75) is 31.6 Å². The Kier molecular flexibility index (Phi) is 5.24. The van der Waals surface area contributed by atoms with Crippen LogP contribution in [-0.4, -0.2) is 31.1 Å². The number of aryl methyl sites for hydroxylation is 1. The Bertz CT molecular complexity index is 1250. The first-order valence-electron chi connectivity index (χ1n) is 10.8. The van der Waals surface area contributed by atoms with Crippen molar-refractivity contribution in [2.75, 3.05) is 19.5 Å². The van der Waals surface area contributed by atoms with Gasteiger partial charge in [0.05, 0.1) is 31.0 Å². The van der Waals surface area contributed by atoms with Crippen molar-refractivity contribution < 1.29 is 23.6 Å². The number of aromatic nitrogens is 1. The van der Waals surface area contributed by atoms with E-state index in [9.17, 15) is 9.59 Å². The van der Waals surface area contributed by atoms with Gasteiger partial charge in [-0.05, 0) is 54.7 Å².